The van der Waals surface area contributed by atoms with Gasteiger partial charge in [-0.2, -0.15) is 4.98 Å². The summed E-state index contributed by atoms with van der Waals surface area (Å²) in [5.41, 5.74) is 0.434. The molecule has 0 fully saturated rings. The highest BCUT2D eigenvalue weighted by atomic mass is 35.5. The lowest BCUT2D eigenvalue weighted by atomic mass is 9.96. The Morgan fingerprint density at radius 3 is 2.71 bits per heavy atom. The van der Waals surface area contributed by atoms with Crippen LogP contribution in [0.4, 0.5) is 5.69 Å². The zero-order valence-electron chi connectivity index (χ0n) is 12.2. The van der Waals surface area contributed by atoms with Crippen LogP contribution in [0.5, 0.6) is 0 Å². The minimum absolute atomic E-state index is 0.144. The van der Waals surface area contributed by atoms with Crippen molar-refractivity contribution in [3.05, 3.63) is 35.2 Å². The molecule has 0 saturated carbocycles. The maximum Gasteiger partial charge on any atom is 0.227 e. The molecule has 0 aliphatic heterocycles. The summed E-state index contributed by atoms with van der Waals surface area (Å²) >= 11 is 5.68. The van der Waals surface area contributed by atoms with Crippen molar-refractivity contribution in [2.75, 3.05) is 5.32 Å². The van der Waals surface area contributed by atoms with E-state index in [1.54, 1.807) is 12.1 Å². The highest BCUT2D eigenvalue weighted by Gasteiger charge is 2.21. The number of carbonyl (C=O) groups excluding carboxylic acids is 1. The van der Waals surface area contributed by atoms with Crippen molar-refractivity contribution in [3.63, 3.8) is 0 Å². The Hall–Kier alpha value is -1.95. The number of nitrogens with zero attached hydrogens (tertiary/aromatic N) is 3. The molecule has 0 unspecified atom stereocenters. The van der Waals surface area contributed by atoms with Crippen LogP contribution in [0, 0.1) is 0 Å². The third-order valence-electron chi connectivity index (χ3n) is 2.72. The Balaban J connectivity index is 1.86. The molecule has 0 saturated heterocycles. The molecule has 1 N–H and O–H groups in total. The van der Waals surface area contributed by atoms with Crippen LogP contribution in [-0.4, -0.2) is 21.0 Å². The van der Waals surface area contributed by atoms with Gasteiger partial charge in [0.15, 0.2) is 5.82 Å². The van der Waals surface area contributed by atoms with Gasteiger partial charge in [0.2, 0.25) is 11.8 Å². The number of rotatable bonds is 4. The van der Waals surface area contributed by atoms with E-state index in [1.165, 1.54) is 6.20 Å². The Bertz CT molecular complexity index is 617. The average Bonchev–Trinajstić information content (AvgIpc) is 2.88. The number of carbonyl (C=O) groups is 1. The van der Waals surface area contributed by atoms with Crippen LogP contribution in [0.2, 0.25) is 5.15 Å². The fourth-order valence-corrected chi connectivity index (χ4v) is 1.67. The van der Waals surface area contributed by atoms with E-state index in [0.29, 0.717) is 29.0 Å². The van der Waals surface area contributed by atoms with E-state index in [2.05, 4.69) is 20.4 Å². The zero-order valence-corrected chi connectivity index (χ0v) is 12.9. The molecule has 21 heavy (non-hydrogen) atoms. The van der Waals surface area contributed by atoms with Crippen LogP contribution in [0.3, 0.4) is 0 Å². The van der Waals surface area contributed by atoms with Crippen LogP contribution in [0.15, 0.2) is 22.9 Å². The van der Waals surface area contributed by atoms with E-state index in [1.807, 2.05) is 20.8 Å². The zero-order chi connectivity index (χ0) is 15.5. The minimum atomic E-state index is -0.168. The molecule has 6 nitrogen and oxygen atoms in total. The van der Waals surface area contributed by atoms with Gasteiger partial charge in [0, 0.05) is 18.3 Å². The lowest BCUT2D eigenvalue weighted by Crippen LogP contribution is -2.14. The van der Waals surface area contributed by atoms with Gasteiger partial charge in [0.25, 0.3) is 0 Å². The van der Waals surface area contributed by atoms with E-state index in [0.717, 1.165) is 0 Å². The van der Waals surface area contributed by atoms with Crippen LogP contribution in [-0.2, 0) is 16.6 Å². The van der Waals surface area contributed by atoms with Gasteiger partial charge in [-0.1, -0.05) is 37.5 Å². The predicted molar refractivity (Wildman–Crippen MR) is 79.2 cm³/mol. The second-order valence-electron chi connectivity index (χ2n) is 5.68. The van der Waals surface area contributed by atoms with Crippen LogP contribution in [0.25, 0.3) is 0 Å². The summed E-state index contributed by atoms with van der Waals surface area (Å²) in [5.74, 6) is 0.957. The molecule has 7 heteroatoms. The molecular weight excluding hydrogens is 292 g/mol. The molecule has 1 amide bonds. The molecule has 0 bridgehead atoms. The summed E-state index contributed by atoms with van der Waals surface area (Å²) < 4.78 is 5.14. The number of hydrogen-bond donors (Lipinski definition) is 1. The standard InChI is InChI=1S/C14H17ClN4O2/c1-14(2,3)13-18-12(21-19-13)7-6-11(20)17-9-4-5-10(15)16-8-9/h4-5,8H,6-7H2,1-3H3,(H,17,20). The third-order valence-corrected chi connectivity index (χ3v) is 2.94. The maximum atomic E-state index is 11.8. The van der Waals surface area contributed by atoms with Crippen molar-refractivity contribution in [3.8, 4) is 0 Å². The van der Waals surface area contributed by atoms with E-state index < -0.39 is 0 Å². The van der Waals surface area contributed by atoms with Crippen molar-refractivity contribution in [2.45, 2.75) is 39.0 Å². The fraction of sp³-hybridized carbons (Fsp3) is 0.429. The summed E-state index contributed by atoms with van der Waals surface area (Å²) in [5, 5.41) is 7.03. The molecule has 2 heterocycles. The predicted octanol–water partition coefficient (Wildman–Crippen LogP) is 2.99. The van der Waals surface area contributed by atoms with Gasteiger partial charge in [0.05, 0.1) is 11.9 Å². The summed E-state index contributed by atoms with van der Waals surface area (Å²) in [6, 6.07) is 3.31. The Labute approximate surface area is 127 Å². The van der Waals surface area contributed by atoms with E-state index in [-0.39, 0.29) is 17.7 Å². The number of anilines is 1. The van der Waals surface area contributed by atoms with Gasteiger partial charge in [-0.3, -0.25) is 4.79 Å². The van der Waals surface area contributed by atoms with Crippen molar-refractivity contribution < 1.29 is 9.32 Å². The molecule has 2 aromatic rings. The molecule has 0 aromatic carbocycles. The largest absolute Gasteiger partial charge is 0.339 e. The van der Waals surface area contributed by atoms with Gasteiger partial charge >= 0.3 is 0 Å². The topological polar surface area (TPSA) is 80.9 Å². The first-order chi connectivity index (χ1) is 9.84. The number of halogens is 1. The summed E-state index contributed by atoms with van der Waals surface area (Å²) in [4.78, 5) is 20.0. The van der Waals surface area contributed by atoms with Gasteiger partial charge in [-0.05, 0) is 12.1 Å². The average molecular weight is 309 g/mol. The Kier molecular flexibility index (Phi) is 4.57. The van der Waals surface area contributed by atoms with Gasteiger partial charge in [-0.25, -0.2) is 4.98 Å². The van der Waals surface area contributed by atoms with Gasteiger partial charge in [0.1, 0.15) is 5.15 Å². The number of aromatic nitrogens is 3. The quantitative estimate of drug-likeness (QED) is 0.878. The second-order valence-corrected chi connectivity index (χ2v) is 6.07. The molecule has 0 aliphatic rings. The van der Waals surface area contributed by atoms with Crippen molar-refractivity contribution in [1.82, 2.24) is 15.1 Å². The summed E-state index contributed by atoms with van der Waals surface area (Å²) in [6.07, 6.45) is 2.16. The molecule has 0 aliphatic carbocycles. The number of pyridine rings is 1. The fourth-order valence-electron chi connectivity index (χ4n) is 1.55. The first-order valence-electron chi connectivity index (χ1n) is 6.59. The Morgan fingerprint density at radius 1 is 1.38 bits per heavy atom. The maximum absolute atomic E-state index is 11.8. The first-order valence-corrected chi connectivity index (χ1v) is 6.97. The highest BCUT2D eigenvalue weighted by molar-refractivity contribution is 6.29. The van der Waals surface area contributed by atoms with Crippen LogP contribution >= 0.6 is 11.6 Å². The Morgan fingerprint density at radius 2 is 2.14 bits per heavy atom. The molecule has 0 spiro atoms. The highest BCUT2D eigenvalue weighted by Crippen LogP contribution is 2.18. The normalized spacial score (nSPS) is 11.4. The molecule has 2 rings (SSSR count). The number of amides is 1. The molecule has 0 radical (unpaired) electrons. The van der Waals surface area contributed by atoms with E-state index in [4.69, 9.17) is 16.1 Å². The van der Waals surface area contributed by atoms with Crippen molar-refractivity contribution in [2.24, 2.45) is 0 Å². The smallest absolute Gasteiger partial charge is 0.227 e. The first kappa shape index (κ1) is 15.4. The molecule has 2 aromatic heterocycles. The SMILES string of the molecule is CC(C)(C)c1noc(CCC(=O)Nc2ccc(Cl)nc2)n1. The molecule has 112 valence electrons. The molecular formula is C14H17ClN4O2. The summed E-state index contributed by atoms with van der Waals surface area (Å²) in [7, 11) is 0. The van der Waals surface area contributed by atoms with Crippen molar-refractivity contribution >= 4 is 23.2 Å². The van der Waals surface area contributed by atoms with Crippen LogP contribution < -0.4 is 5.32 Å². The monoisotopic (exact) mass is 308 g/mol. The lowest BCUT2D eigenvalue weighted by Gasteiger charge is -2.10. The van der Waals surface area contributed by atoms with E-state index in [9.17, 15) is 4.79 Å². The third kappa shape index (κ3) is 4.53. The van der Waals surface area contributed by atoms with E-state index >= 15 is 0 Å². The van der Waals surface area contributed by atoms with Crippen LogP contribution in [0.1, 0.15) is 38.9 Å². The van der Waals surface area contributed by atoms with Crippen molar-refractivity contribution in [1.29, 1.82) is 0 Å². The second kappa shape index (κ2) is 6.22. The summed E-state index contributed by atoms with van der Waals surface area (Å²) in [6.45, 7) is 6.01. The molecule has 0 atom stereocenters. The number of nitrogens with one attached hydrogen (secondary N) is 1. The lowest BCUT2D eigenvalue weighted by molar-refractivity contribution is -0.116. The van der Waals surface area contributed by atoms with Gasteiger partial charge in [-0.15, -0.1) is 0 Å². The number of hydrogen-bond acceptors (Lipinski definition) is 5. The number of aryl methyl sites for hydroxylation is 1. The minimum Gasteiger partial charge on any atom is -0.339 e. The van der Waals surface area contributed by atoms with Gasteiger partial charge < -0.3 is 9.84 Å².